The van der Waals surface area contributed by atoms with Gasteiger partial charge in [-0.3, -0.25) is 0 Å². The number of ether oxygens (including phenoxy) is 2. The molecule has 1 heterocycles. The van der Waals surface area contributed by atoms with Crippen molar-refractivity contribution < 1.29 is 9.47 Å². The summed E-state index contributed by atoms with van der Waals surface area (Å²) in [5.41, 5.74) is 3.39. The highest BCUT2D eigenvalue weighted by Crippen LogP contribution is 2.27. The predicted molar refractivity (Wildman–Crippen MR) is 117 cm³/mol. The fourth-order valence-electron chi connectivity index (χ4n) is 3.07. The summed E-state index contributed by atoms with van der Waals surface area (Å²) in [6.07, 6.45) is 1.78. The number of hydrogen-bond acceptors (Lipinski definition) is 6. The van der Waals surface area contributed by atoms with E-state index < -0.39 is 0 Å². The van der Waals surface area contributed by atoms with Crippen molar-refractivity contribution in [1.29, 1.82) is 0 Å². The Balaban J connectivity index is 1.53. The average molecular weight is 393 g/mol. The third-order valence-corrected chi connectivity index (χ3v) is 4.56. The molecule has 6 nitrogen and oxygen atoms in total. The summed E-state index contributed by atoms with van der Waals surface area (Å²) in [4.78, 5) is 9.06. The monoisotopic (exact) mass is 392 g/mol. The second-order valence-electron chi connectivity index (χ2n) is 6.75. The highest BCUT2D eigenvalue weighted by atomic mass is 16.5. The van der Waals surface area contributed by atoms with Crippen molar-refractivity contribution in [3.8, 4) is 11.5 Å². The van der Waals surface area contributed by atoms with Gasteiger partial charge in [0.05, 0.1) is 14.2 Å². The number of anilines is 2. The smallest absolute Gasteiger partial charge is 0.224 e. The molecule has 0 radical (unpaired) electrons. The van der Waals surface area contributed by atoms with E-state index in [4.69, 9.17) is 9.47 Å². The molecule has 2 N–H and O–H groups in total. The van der Waals surface area contributed by atoms with E-state index in [1.807, 2.05) is 37.3 Å². The van der Waals surface area contributed by atoms with E-state index in [2.05, 4.69) is 44.9 Å². The molecule has 0 saturated carbocycles. The molecular weight excluding hydrogens is 364 g/mol. The maximum absolute atomic E-state index is 5.36. The second-order valence-corrected chi connectivity index (χ2v) is 6.75. The van der Waals surface area contributed by atoms with Gasteiger partial charge in [-0.15, -0.1) is 0 Å². The molecule has 0 atom stereocenters. The van der Waals surface area contributed by atoms with E-state index in [1.165, 1.54) is 5.56 Å². The van der Waals surface area contributed by atoms with Crippen molar-refractivity contribution in [3.05, 3.63) is 71.4 Å². The summed E-state index contributed by atoms with van der Waals surface area (Å²) in [5, 5.41) is 6.70. The van der Waals surface area contributed by atoms with E-state index in [-0.39, 0.29) is 0 Å². The molecule has 0 saturated heterocycles. The van der Waals surface area contributed by atoms with Crippen LogP contribution in [0.15, 0.2) is 54.6 Å². The van der Waals surface area contributed by atoms with Crippen LogP contribution in [0.5, 0.6) is 11.5 Å². The van der Waals surface area contributed by atoms with E-state index in [0.717, 1.165) is 54.5 Å². The standard InChI is InChI=1S/C23H28N4O2/c1-17-15-22(24-13-11-18-7-5-4-6-8-18)27-23(26-17)25-14-12-19-9-10-20(28-2)21(16-19)29-3/h4-10,15-16H,11-14H2,1-3H3,(H2,24,25,26,27). The largest absolute Gasteiger partial charge is 0.493 e. The van der Waals surface area contributed by atoms with Crippen LogP contribution in [0.3, 0.4) is 0 Å². The Morgan fingerprint density at radius 3 is 2.24 bits per heavy atom. The van der Waals surface area contributed by atoms with Gasteiger partial charge in [-0.25, -0.2) is 4.98 Å². The fourth-order valence-corrected chi connectivity index (χ4v) is 3.07. The van der Waals surface area contributed by atoms with Crippen LogP contribution in [0.1, 0.15) is 16.8 Å². The molecule has 0 fully saturated rings. The molecule has 29 heavy (non-hydrogen) atoms. The van der Waals surface area contributed by atoms with Gasteiger partial charge >= 0.3 is 0 Å². The Morgan fingerprint density at radius 1 is 0.759 bits per heavy atom. The minimum Gasteiger partial charge on any atom is -0.493 e. The number of hydrogen-bond donors (Lipinski definition) is 2. The van der Waals surface area contributed by atoms with Crippen molar-refractivity contribution in [2.24, 2.45) is 0 Å². The molecule has 0 amide bonds. The van der Waals surface area contributed by atoms with Gasteiger partial charge in [-0.2, -0.15) is 4.98 Å². The Bertz CT molecular complexity index is 916. The van der Waals surface area contributed by atoms with Crippen LogP contribution in [-0.4, -0.2) is 37.3 Å². The first kappa shape index (κ1) is 20.5. The molecule has 152 valence electrons. The number of methoxy groups -OCH3 is 2. The van der Waals surface area contributed by atoms with Crippen LogP contribution in [-0.2, 0) is 12.8 Å². The van der Waals surface area contributed by atoms with E-state index >= 15 is 0 Å². The summed E-state index contributed by atoms with van der Waals surface area (Å²) in [6, 6.07) is 18.3. The van der Waals surface area contributed by atoms with Gasteiger partial charge in [-0.05, 0) is 43.0 Å². The molecule has 1 aromatic heterocycles. The SMILES string of the molecule is COc1ccc(CCNc2nc(C)cc(NCCc3ccccc3)n2)cc1OC. The molecule has 0 aliphatic heterocycles. The minimum absolute atomic E-state index is 0.632. The Hall–Kier alpha value is -3.28. The lowest BCUT2D eigenvalue weighted by Gasteiger charge is -2.11. The molecule has 2 aromatic carbocycles. The minimum atomic E-state index is 0.632. The molecule has 0 aliphatic rings. The van der Waals surface area contributed by atoms with Crippen LogP contribution in [0.25, 0.3) is 0 Å². The molecule has 0 aliphatic carbocycles. The summed E-state index contributed by atoms with van der Waals surface area (Å²) in [5.74, 6) is 2.94. The average Bonchev–Trinajstić information content (AvgIpc) is 2.74. The normalized spacial score (nSPS) is 10.4. The molecule has 6 heteroatoms. The van der Waals surface area contributed by atoms with Gasteiger partial charge in [0.1, 0.15) is 5.82 Å². The quantitative estimate of drug-likeness (QED) is 0.541. The van der Waals surface area contributed by atoms with Crippen LogP contribution < -0.4 is 20.1 Å². The zero-order valence-corrected chi connectivity index (χ0v) is 17.2. The number of aryl methyl sites for hydroxylation is 1. The predicted octanol–water partition coefficient (Wildman–Crippen LogP) is 4.11. The highest BCUT2D eigenvalue weighted by molar-refractivity contribution is 5.44. The van der Waals surface area contributed by atoms with Gasteiger partial charge in [-0.1, -0.05) is 36.4 Å². The third-order valence-electron chi connectivity index (χ3n) is 4.56. The Morgan fingerprint density at radius 2 is 1.48 bits per heavy atom. The van der Waals surface area contributed by atoms with E-state index in [1.54, 1.807) is 14.2 Å². The van der Waals surface area contributed by atoms with Crippen molar-refractivity contribution in [3.63, 3.8) is 0 Å². The highest BCUT2D eigenvalue weighted by Gasteiger charge is 2.06. The van der Waals surface area contributed by atoms with Gasteiger partial charge in [0, 0.05) is 24.8 Å². The van der Waals surface area contributed by atoms with Crippen molar-refractivity contribution in [2.45, 2.75) is 19.8 Å². The molecule has 3 rings (SSSR count). The Labute approximate surface area is 172 Å². The lowest BCUT2D eigenvalue weighted by Crippen LogP contribution is -2.12. The number of rotatable bonds is 10. The number of aromatic nitrogens is 2. The lowest BCUT2D eigenvalue weighted by molar-refractivity contribution is 0.354. The van der Waals surface area contributed by atoms with Gasteiger partial charge in [0.25, 0.3) is 0 Å². The Kier molecular flexibility index (Phi) is 7.28. The fraction of sp³-hybridized carbons (Fsp3) is 0.304. The summed E-state index contributed by atoms with van der Waals surface area (Å²) in [7, 11) is 3.28. The van der Waals surface area contributed by atoms with E-state index in [9.17, 15) is 0 Å². The lowest BCUT2D eigenvalue weighted by atomic mass is 10.1. The van der Waals surface area contributed by atoms with Gasteiger partial charge < -0.3 is 20.1 Å². The van der Waals surface area contributed by atoms with Crippen LogP contribution in [0.2, 0.25) is 0 Å². The zero-order valence-electron chi connectivity index (χ0n) is 17.2. The van der Waals surface area contributed by atoms with Gasteiger partial charge in [0.15, 0.2) is 11.5 Å². The molecule has 0 unspecified atom stereocenters. The summed E-state index contributed by atoms with van der Waals surface area (Å²) < 4.78 is 10.6. The molecule has 0 bridgehead atoms. The first-order valence-corrected chi connectivity index (χ1v) is 9.76. The summed E-state index contributed by atoms with van der Waals surface area (Å²) >= 11 is 0. The first-order chi connectivity index (χ1) is 14.2. The van der Waals surface area contributed by atoms with Crippen molar-refractivity contribution >= 4 is 11.8 Å². The first-order valence-electron chi connectivity index (χ1n) is 9.76. The molecule has 0 spiro atoms. The van der Waals surface area contributed by atoms with Gasteiger partial charge in [0.2, 0.25) is 5.95 Å². The number of nitrogens with one attached hydrogen (secondary N) is 2. The van der Waals surface area contributed by atoms with E-state index in [0.29, 0.717) is 5.95 Å². The third kappa shape index (κ3) is 6.10. The molecular formula is C23H28N4O2. The zero-order chi connectivity index (χ0) is 20.5. The number of nitrogens with zero attached hydrogens (tertiary/aromatic N) is 2. The van der Waals surface area contributed by atoms with Crippen LogP contribution in [0.4, 0.5) is 11.8 Å². The van der Waals surface area contributed by atoms with Crippen LogP contribution in [0, 0.1) is 6.92 Å². The topological polar surface area (TPSA) is 68.3 Å². The number of benzene rings is 2. The maximum atomic E-state index is 5.36. The summed E-state index contributed by atoms with van der Waals surface area (Å²) in [6.45, 7) is 3.53. The second kappa shape index (κ2) is 10.3. The van der Waals surface area contributed by atoms with Crippen LogP contribution >= 0.6 is 0 Å². The maximum Gasteiger partial charge on any atom is 0.224 e. The van der Waals surface area contributed by atoms with Crippen molar-refractivity contribution in [2.75, 3.05) is 37.9 Å². The van der Waals surface area contributed by atoms with Crippen molar-refractivity contribution in [1.82, 2.24) is 9.97 Å². The molecule has 3 aromatic rings.